The topological polar surface area (TPSA) is 9.37 Å². The standard InChI is InChI=1S/C13H11BF2N2S/c15-14(16)17-6-1-3-11(17)13(10-5-8-19-9-10)12-4-2-7-18(12)14/h1-6,8-9,18H,7H2. The number of nitrogens with zero attached hydrogens (tertiary/aromatic N) is 1. The first kappa shape index (κ1) is 11.2. The summed E-state index contributed by atoms with van der Waals surface area (Å²) in [5, 5.41) is 3.99. The Hall–Kier alpha value is -1.66. The Morgan fingerprint density at radius 1 is 1.32 bits per heavy atom. The van der Waals surface area contributed by atoms with E-state index >= 15 is 0 Å². The van der Waals surface area contributed by atoms with E-state index in [0.717, 1.165) is 21.3 Å². The highest BCUT2D eigenvalue weighted by Crippen LogP contribution is 2.33. The highest BCUT2D eigenvalue weighted by Gasteiger charge is 2.50. The zero-order chi connectivity index (χ0) is 13.0. The number of thiophene rings is 1. The highest BCUT2D eigenvalue weighted by molar-refractivity contribution is 7.08. The normalized spacial score (nSPS) is 23.6. The summed E-state index contributed by atoms with van der Waals surface area (Å²) in [5.74, 6) is 0. The van der Waals surface area contributed by atoms with Crippen molar-refractivity contribution in [2.24, 2.45) is 0 Å². The number of fused-ring (bicyclic) bond motifs is 2. The van der Waals surface area contributed by atoms with Crippen molar-refractivity contribution in [1.82, 2.24) is 4.48 Å². The molecule has 0 aliphatic carbocycles. The largest absolute Gasteiger partial charge is 0.663 e. The average Bonchev–Trinajstić information content (AvgIpc) is 3.11. The molecule has 2 aromatic heterocycles. The first-order valence-electron chi connectivity index (χ1n) is 6.19. The zero-order valence-electron chi connectivity index (χ0n) is 10.0. The Kier molecular flexibility index (Phi) is 2.17. The van der Waals surface area contributed by atoms with Crippen LogP contribution in [0.4, 0.5) is 8.63 Å². The molecule has 0 saturated heterocycles. The Morgan fingerprint density at radius 3 is 3.00 bits per heavy atom. The molecule has 2 aromatic rings. The minimum atomic E-state index is -3.64. The van der Waals surface area contributed by atoms with Crippen LogP contribution in [0.3, 0.4) is 0 Å². The van der Waals surface area contributed by atoms with Gasteiger partial charge in [-0.25, -0.2) is 0 Å². The molecule has 2 aliphatic rings. The van der Waals surface area contributed by atoms with E-state index < -0.39 is 6.97 Å². The lowest BCUT2D eigenvalue weighted by Crippen LogP contribution is -3.20. The van der Waals surface area contributed by atoms with Crippen LogP contribution in [-0.4, -0.2) is 18.0 Å². The van der Waals surface area contributed by atoms with Gasteiger partial charge in [0.2, 0.25) is 0 Å². The summed E-state index contributed by atoms with van der Waals surface area (Å²) in [6.07, 6.45) is 5.16. The van der Waals surface area contributed by atoms with Gasteiger partial charge < -0.3 is 17.9 Å². The molecule has 2 nitrogen and oxygen atoms in total. The van der Waals surface area contributed by atoms with Gasteiger partial charge in [0.25, 0.3) is 0 Å². The lowest BCUT2D eigenvalue weighted by atomic mass is 9.86. The molecule has 4 heterocycles. The van der Waals surface area contributed by atoms with E-state index in [1.165, 1.54) is 6.20 Å². The molecule has 0 amide bonds. The van der Waals surface area contributed by atoms with Crippen molar-refractivity contribution in [2.75, 3.05) is 6.54 Å². The summed E-state index contributed by atoms with van der Waals surface area (Å²) in [6, 6.07) is 5.46. The summed E-state index contributed by atoms with van der Waals surface area (Å²) < 4.78 is 30.2. The van der Waals surface area contributed by atoms with Gasteiger partial charge in [-0.15, -0.1) is 0 Å². The van der Waals surface area contributed by atoms with Gasteiger partial charge in [-0.05, 0) is 47.3 Å². The molecular formula is C13H11BF2N2S. The number of hydrogen-bond acceptors (Lipinski definition) is 1. The molecule has 6 heteroatoms. The molecule has 1 atom stereocenters. The lowest BCUT2D eigenvalue weighted by Gasteiger charge is -2.38. The Balaban J connectivity index is 2.05. The predicted octanol–water partition coefficient (Wildman–Crippen LogP) is 2.00. The molecule has 19 heavy (non-hydrogen) atoms. The maximum absolute atomic E-state index is 14.5. The van der Waals surface area contributed by atoms with Gasteiger partial charge in [-0.1, -0.05) is 0 Å². The fourth-order valence-electron chi connectivity index (χ4n) is 3.00. The van der Waals surface area contributed by atoms with E-state index in [-0.39, 0.29) is 4.81 Å². The van der Waals surface area contributed by atoms with Crippen molar-refractivity contribution in [3.63, 3.8) is 0 Å². The molecule has 96 valence electrons. The third-order valence-electron chi connectivity index (χ3n) is 3.85. The van der Waals surface area contributed by atoms with E-state index in [2.05, 4.69) is 0 Å². The second kappa shape index (κ2) is 3.68. The molecule has 0 aromatic carbocycles. The number of rotatable bonds is 1. The minimum absolute atomic E-state index is 0.268. The van der Waals surface area contributed by atoms with Gasteiger partial charge in [0.15, 0.2) is 0 Å². The first-order valence-corrected chi connectivity index (χ1v) is 7.13. The van der Waals surface area contributed by atoms with Crippen molar-refractivity contribution in [1.29, 1.82) is 0 Å². The van der Waals surface area contributed by atoms with Crippen LogP contribution in [0.2, 0.25) is 0 Å². The molecule has 1 N–H and O–H groups in total. The van der Waals surface area contributed by atoms with Crippen LogP contribution in [0.25, 0.3) is 5.57 Å². The monoisotopic (exact) mass is 276 g/mol. The van der Waals surface area contributed by atoms with Crippen LogP contribution >= 0.6 is 11.3 Å². The van der Waals surface area contributed by atoms with Gasteiger partial charge >= 0.3 is 6.97 Å². The quantitative estimate of drug-likeness (QED) is 0.763. The number of nitrogens with one attached hydrogen (secondary N) is 1. The number of hydrogen-bond donors (Lipinski definition) is 1. The average molecular weight is 276 g/mol. The van der Waals surface area contributed by atoms with E-state index in [0.29, 0.717) is 12.2 Å². The Bertz CT molecular complexity index is 700. The SMILES string of the molecule is F[B-]1(F)n2cccc2C(c2ccsc2)=C2C=CC[NH+]21. The minimum Gasteiger partial charge on any atom is -0.407 e. The van der Waals surface area contributed by atoms with Crippen molar-refractivity contribution in [3.8, 4) is 0 Å². The van der Waals surface area contributed by atoms with Gasteiger partial charge in [0.1, 0.15) is 5.70 Å². The van der Waals surface area contributed by atoms with E-state index in [1.807, 2.05) is 29.0 Å². The van der Waals surface area contributed by atoms with Crippen LogP contribution in [0.15, 0.2) is 53.0 Å². The summed E-state index contributed by atoms with van der Waals surface area (Å²) in [7, 11) is 0. The number of aromatic nitrogens is 1. The van der Waals surface area contributed by atoms with Gasteiger partial charge in [0.05, 0.1) is 12.1 Å². The Morgan fingerprint density at radius 2 is 2.21 bits per heavy atom. The van der Waals surface area contributed by atoms with Crippen LogP contribution in [0.1, 0.15) is 11.3 Å². The molecule has 4 rings (SSSR count). The number of quaternary nitrogens is 1. The van der Waals surface area contributed by atoms with Crippen molar-refractivity contribution in [2.45, 2.75) is 0 Å². The number of allylic oxidation sites excluding steroid dienone is 1. The fourth-order valence-corrected chi connectivity index (χ4v) is 3.64. The maximum atomic E-state index is 14.5. The van der Waals surface area contributed by atoms with Gasteiger partial charge in [-0.3, -0.25) is 0 Å². The van der Waals surface area contributed by atoms with Gasteiger partial charge in [0, 0.05) is 11.3 Å². The summed E-state index contributed by atoms with van der Waals surface area (Å²) in [5.41, 5.74) is 3.29. The molecule has 0 bridgehead atoms. The summed E-state index contributed by atoms with van der Waals surface area (Å²) >= 11 is 1.59. The summed E-state index contributed by atoms with van der Waals surface area (Å²) in [6.45, 7) is -3.29. The fraction of sp³-hybridized carbons (Fsp3) is 0.0769. The smallest absolute Gasteiger partial charge is 0.407 e. The van der Waals surface area contributed by atoms with Crippen molar-refractivity contribution < 1.29 is 13.4 Å². The number of halogens is 2. The molecule has 1 unspecified atom stereocenters. The van der Waals surface area contributed by atoms with E-state index in [1.54, 1.807) is 23.5 Å². The van der Waals surface area contributed by atoms with E-state index in [9.17, 15) is 8.63 Å². The third-order valence-corrected chi connectivity index (χ3v) is 4.53. The van der Waals surface area contributed by atoms with Crippen LogP contribution in [0, 0.1) is 0 Å². The van der Waals surface area contributed by atoms with Crippen LogP contribution < -0.4 is 4.81 Å². The van der Waals surface area contributed by atoms with Gasteiger partial charge in [-0.2, -0.15) is 11.3 Å². The van der Waals surface area contributed by atoms with Crippen LogP contribution in [0.5, 0.6) is 0 Å². The molecule has 0 fully saturated rings. The maximum Gasteiger partial charge on any atom is 0.663 e. The van der Waals surface area contributed by atoms with E-state index in [4.69, 9.17) is 0 Å². The molecule has 0 saturated carbocycles. The second-order valence-electron chi connectivity index (χ2n) is 4.86. The van der Waals surface area contributed by atoms with Crippen LogP contribution in [-0.2, 0) is 0 Å². The predicted molar refractivity (Wildman–Crippen MR) is 73.1 cm³/mol. The molecule has 0 radical (unpaired) electrons. The van der Waals surface area contributed by atoms with Crippen molar-refractivity contribution >= 4 is 23.9 Å². The Labute approximate surface area is 113 Å². The first-order chi connectivity index (χ1) is 9.19. The summed E-state index contributed by atoms with van der Waals surface area (Å²) in [4.78, 5) is 0.268. The molecule has 0 spiro atoms. The second-order valence-corrected chi connectivity index (χ2v) is 5.64. The molecule has 2 aliphatic heterocycles. The van der Waals surface area contributed by atoms with Crippen molar-refractivity contribution in [3.05, 3.63) is 64.3 Å². The third kappa shape index (κ3) is 1.38. The lowest BCUT2D eigenvalue weighted by molar-refractivity contribution is -0.754. The highest BCUT2D eigenvalue weighted by atomic mass is 32.1. The zero-order valence-corrected chi connectivity index (χ0v) is 10.8. The molecular weight excluding hydrogens is 265 g/mol.